The third kappa shape index (κ3) is 1.86. The fourth-order valence-electron chi connectivity index (χ4n) is 2.91. The van der Waals surface area contributed by atoms with Gasteiger partial charge in [-0.2, -0.15) is 0 Å². The molecule has 0 unspecified atom stereocenters. The van der Waals surface area contributed by atoms with Gasteiger partial charge in [-0.25, -0.2) is 0 Å². The number of hydrogen-bond donors (Lipinski definition) is 1. The summed E-state index contributed by atoms with van der Waals surface area (Å²) >= 11 is 0. The quantitative estimate of drug-likeness (QED) is 0.770. The molecule has 0 radical (unpaired) electrons. The van der Waals surface area contributed by atoms with Gasteiger partial charge in [0.15, 0.2) is 0 Å². The van der Waals surface area contributed by atoms with Gasteiger partial charge in [0.25, 0.3) is 11.8 Å². The molecular weight excluding hydrogens is 272 g/mol. The number of nitrogens with one attached hydrogen (secondary N) is 1. The Kier molecular flexibility index (Phi) is 2.90. The topological polar surface area (TPSA) is 83.6 Å². The van der Waals surface area contributed by atoms with Crippen molar-refractivity contribution in [3.05, 3.63) is 34.4 Å². The van der Waals surface area contributed by atoms with Crippen LogP contribution in [-0.4, -0.2) is 34.6 Å². The molecule has 6 heteroatoms. The molecule has 108 valence electrons. The van der Waals surface area contributed by atoms with E-state index in [1.54, 1.807) is 26.0 Å². The van der Waals surface area contributed by atoms with Crippen LogP contribution in [0.25, 0.3) is 0 Å². The van der Waals surface area contributed by atoms with Gasteiger partial charge < -0.3 is 0 Å². The van der Waals surface area contributed by atoms with E-state index in [1.165, 1.54) is 0 Å². The molecule has 0 aliphatic carbocycles. The Hall–Kier alpha value is -2.50. The zero-order chi connectivity index (χ0) is 15.3. The zero-order valence-corrected chi connectivity index (χ0v) is 11.7. The van der Waals surface area contributed by atoms with E-state index in [0.29, 0.717) is 22.3 Å². The molecule has 1 atom stereocenters. The Labute approximate surface area is 121 Å². The van der Waals surface area contributed by atoms with Gasteiger partial charge in [-0.1, -0.05) is 12.1 Å². The summed E-state index contributed by atoms with van der Waals surface area (Å²) in [4.78, 5) is 49.2. The normalized spacial score (nSPS) is 21.6. The Morgan fingerprint density at radius 2 is 1.52 bits per heavy atom. The molecule has 21 heavy (non-hydrogen) atoms. The highest BCUT2D eigenvalue weighted by molar-refractivity contribution is 6.24. The number of benzene rings is 1. The molecule has 1 N–H and O–H groups in total. The minimum Gasteiger partial charge on any atom is -0.295 e. The van der Waals surface area contributed by atoms with E-state index in [4.69, 9.17) is 0 Å². The van der Waals surface area contributed by atoms with Gasteiger partial charge in [-0.05, 0) is 31.4 Å². The summed E-state index contributed by atoms with van der Waals surface area (Å²) in [6, 6.07) is 2.66. The fraction of sp³-hybridized carbons (Fsp3) is 0.333. The van der Waals surface area contributed by atoms with Crippen LogP contribution >= 0.6 is 0 Å². The fourth-order valence-corrected chi connectivity index (χ4v) is 2.91. The van der Waals surface area contributed by atoms with Crippen molar-refractivity contribution < 1.29 is 19.2 Å². The molecular formula is C15H14N2O4. The number of fused-ring (bicyclic) bond motifs is 1. The summed E-state index contributed by atoms with van der Waals surface area (Å²) in [5.74, 6) is -1.87. The lowest BCUT2D eigenvalue weighted by molar-refractivity contribution is -0.136. The molecule has 3 rings (SSSR count). The van der Waals surface area contributed by atoms with Gasteiger partial charge in [0.2, 0.25) is 11.8 Å². The maximum absolute atomic E-state index is 12.5. The number of carbonyl (C=O) groups is 4. The van der Waals surface area contributed by atoms with Crippen LogP contribution in [0.3, 0.4) is 0 Å². The van der Waals surface area contributed by atoms with Crippen molar-refractivity contribution in [3.8, 4) is 0 Å². The van der Waals surface area contributed by atoms with Crippen molar-refractivity contribution in [3.63, 3.8) is 0 Å². The minimum absolute atomic E-state index is 0.127. The minimum atomic E-state index is -0.908. The number of aryl methyl sites for hydroxylation is 2. The molecule has 1 fully saturated rings. The van der Waals surface area contributed by atoms with E-state index in [0.717, 1.165) is 4.90 Å². The van der Waals surface area contributed by atoms with Crippen LogP contribution in [-0.2, 0) is 9.59 Å². The van der Waals surface area contributed by atoms with Crippen LogP contribution < -0.4 is 5.32 Å². The number of hydrogen-bond acceptors (Lipinski definition) is 4. The number of carbonyl (C=O) groups excluding carboxylic acids is 4. The van der Waals surface area contributed by atoms with E-state index in [1.807, 2.05) is 0 Å². The molecule has 1 aromatic carbocycles. The Morgan fingerprint density at radius 3 is 2.00 bits per heavy atom. The Morgan fingerprint density at radius 1 is 1.00 bits per heavy atom. The Balaban J connectivity index is 2.05. The second kappa shape index (κ2) is 4.51. The first kappa shape index (κ1) is 13.5. The number of piperidine rings is 1. The molecule has 6 nitrogen and oxygen atoms in total. The van der Waals surface area contributed by atoms with Gasteiger partial charge in [0.1, 0.15) is 6.04 Å². The third-order valence-corrected chi connectivity index (χ3v) is 4.01. The first-order valence-electron chi connectivity index (χ1n) is 6.73. The lowest BCUT2D eigenvalue weighted by atomic mass is 9.99. The predicted octanol–water partition coefficient (Wildman–Crippen LogP) is 0.705. The lowest BCUT2D eigenvalue weighted by Gasteiger charge is -2.27. The number of imide groups is 2. The average Bonchev–Trinajstić information content (AvgIpc) is 2.68. The summed E-state index contributed by atoms with van der Waals surface area (Å²) < 4.78 is 0. The smallest absolute Gasteiger partial charge is 0.262 e. The SMILES string of the molecule is Cc1ccc(C)c2c1C(=O)N([C@@H]1CCC(=O)NC1=O)C2=O. The van der Waals surface area contributed by atoms with Crippen molar-refractivity contribution >= 4 is 23.6 Å². The van der Waals surface area contributed by atoms with Gasteiger partial charge in [-0.15, -0.1) is 0 Å². The molecule has 0 bridgehead atoms. The van der Waals surface area contributed by atoms with Crippen molar-refractivity contribution in [1.29, 1.82) is 0 Å². The van der Waals surface area contributed by atoms with Crippen molar-refractivity contribution in [1.82, 2.24) is 10.2 Å². The zero-order valence-electron chi connectivity index (χ0n) is 11.7. The van der Waals surface area contributed by atoms with Crippen LogP contribution in [0.5, 0.6) is 0 Å². The Bertz CT molecular complexity index is 667. The first-order chi connectivity index (χ1) is 9.91. The van der Waals surface area contributed by atoms with E-state index in [9.17, 15) is 19.2 Å². The van der Waals surface area contributed by atoms with Gasteiger partial charge in [0.05, 0.1) is 11.1 Å². The van der Waals surface area contributed by atoms with Crippen molar-refractivity contribution in [2.24, 2.45) is 0 Å². The first-order valence-corrected chi connectivity index (χ1v) is 6.73. The largest absolute Gasteiger partial charge is 0.295 e. The number of nitrogens with zero attached hydrogens (tertiary/aromatic N) is 1. The van der Waals surface area contributed by atoms with Gasteiger partial charge in [0, 0.05) is 6.42 Å². The lowest BCUT2D eigenvalue weighted by Crippen LogP contribution is -2.54. The summed E-state index contributed by atoms with van der Waals surface area (Å²) in [7, 11) is 0. The van der Waals surface area contributed by atoms with Crippen molar-refractivity contribution in [2.45, 2.75) is 32.7 Å². The molecule has 0 saturated carbocycles. The highest BCUT2D eigenvalue weighted by Crippen LogP contribution is 2.31. The van der Waals surface area contributed by atoms with Crippen molar-refractivity contribution in [2.75, 3.05) is 0 Å². The highest BCUT2D eigenvalue weighted by atomic mass is 16.2. The molecule has 0 aromatic heterocycles. The predicted molar refractivity (Wildman–Crippen MR) is 72.6 cm³/mol. The van der Waals surface area contributed by atoms with Gasteiger partial charge in [-0.3, -0.25) is 29.4 Å². The van der Waals surface area contributed by atoms with Crippen LogP contribution in [0.4, 0.5) is 0 Å². The summed E-state index contributed by atoms with van der Waals surface area (Å²) in [6.07, 6.45) is 0.302. The molecule has 1 aromatic rings. The van der Waals surface area contributed by atoms with Crippen LogP contribution in [0.1, 0.15) is 44.7 Å². The summed E-state index contributed by atoms with van der Waals surface area (Å²) in [6.45, 7) is 3.52. The van der Waals surface area contributed by atoms with Crippen LogP contribution in [0.15, 0.2) is 12.1 Å². The molecule has 2 aliphatic rings. The second-order valence-electron chi connectivity index (χ2n) is 5.40. The molecule has 1 saturated heterocycles. The molecule has 0 spiro atoms. The number of amides is 4. The average molecular weight is 286 g/mol. The second-order valence-corrected chi connectivity index (χ2v) is 5.40. The molecule has 4 amide bonds. The highest BCUT2D eigenvalue weighted by Gasteiger charge is 2.45. The third-order valence-electron chi connectivity index (χ3n) is 4.01. The van der Waals surface area contributed by atoms with E-state index in [2.05, 4.69) is 5.32 Å². The number of rotatable bonds is 1. The van der Waals surface area contributed by atoms with Gasteiger partial charge >= 0.3 is 0 Å². The van der Waals surface area contributed by atoms with E-state index in [-0.39, 0.29) is 18.7 Å². The van der Waals surface area contributed by atoms with Crippen LogP contribution in [0, 0.1) is 13.8 Å². The molecule has 2 aliphatic heterocycles. The van der Waals surface area contributed by atoms with Crippen LogP contribution in [0.2, 0.25) is 0 Å². The maximum Gasteiger partial charge on any atom is 0.262 e. The summed E-state index contributed by atoms with van der Waals surface area (Å²) in [5, 5.41) is 2.18. The molecule has 2 heterocycles. The monoisotopic (exact) mass is 286 g/mol. The van der Waals surface area contributed by atoms with E-state index < -0.39 is 23.8 Å². The standard InChI is InChI=1S/C15H14N2O4/c1-7-3-4-8(2)12-11(7)14(20)17(15(12)21)9-5-6-10(18)16-13(9)19/h3-4,9H,5-6H2,1-2H3,(H,16,18,19)/t9-/m1/s1. The maximum atomic E-state index is 12.5. The van der Waals surface area contributed by atoms with E-state index >= 15 is 0 Å². The summed E-state index contributed by atoms with van der Waals surface area (Å²) in [5.41, 5.74) is 2.15.